The van der Waals surface area contributed by atoms with Crippen molar-refractivity contribution in [2.24, 2.45) is 0 Å². The highest BCUT2D eigenvalue weighted by atomic mass is 16.2. The summed E-state index contributed by atoms with van der Waals surface area (Å²) in [5, 5.41) is 2.85. The second-order valence-electron chi connectivity index (χ2n) is 6.36. The summed E-state index contributed by atoms with van der Waals surface area (Å²) in [6.45, 7) is 5.39. The van der Waals surface area contributed by atoms with Crippen LogP contribution < -0.4 is 15.1 Å². The molecule has 0 spiro atoms. The maximum Gasteiger partial charge on any atom is 0.224 e. The highest BCUT2D eigenvalue weighted by Gasteiger charge is 2.15. The number of benzene rings is 2. The topological polar surface area (TPSA) is 52.7 Å². The van der Waals surface area contributed by atoms with E-state index in [1.54, 1.807) is 11.8 Å². The SMILES string of the molecule is CC(=O)Nc1cc(C)ccc1CN(C(C)=O)c1ccc(N(C)C)cc1. The van der Waals surface area contributed by atoms with Gasteiger partial charge < -0.3 is 15.1 Å². The second-order valence-corrected chi connectivity index (χ2v) is 6.36. The lowest BCUT2D eigenvalue weighted by molar-refractivity contribution is -0.116. The first-order chi connectivity index (χ1) is 11.8. The molecule has 2 aromatic carbocycles. The Morgan fingerprint density at radius 1 is 0.960 bits per heavy atom. The maximum atomic E-state index is 12.2. The van der Waals surface area contributed by atoms with Crippen LogP contribution in [0.25, 0.3) is 0 Å². The van der Waals surface area contributed by atoms with Gasteiger partial charge in [0.1, 0.15) is 0 Å². The van der Waals surface area contributed by atoms with Gasteiger partial charge in [-0.25, -0.2) is 0 Å². The van der Waals surface area contributed by atoms with E-state index in [1.807, 2.05) is 68.4 Å². The molecule has 5 nitrogen and oxygen atoms in total. The Kier molecular flexibility index (Phi) is 5.80. The summed E-state index contributed by atoms with van der Waals surface area (Å²) in [5.41, 5.74) is 4.59. The molecular weight excluding hydrogens is 314 g/mol. The van der Waals surface area contributed by atoms with Crippen molar-refractivity contribution in [3.05, 3.63) is 53.6 Å². The number of nitrogens with zero attached hydrogens (tertiary/aromatic N) is 2. The Morgan fingerprint density at radius 3 is 2.08 bits per heavy atom. The Hall–Kier alpha value is -2.82. The van der Waals surface area contributed by atoms with Crippen molar-refractivity contribution < 1.29 is 9.59 Å². The maximum absolute atomic E-state index is 12.2. The molecular formula is C20H25N3O2. The van der Waals surface area contributed by atoms with Gasteiger partial charge >= 0.3 is 0 Å². The average molecular weight is 339 g/mol. The quantitative estimate of drug-likeness (QED) is 0.906. The fourth-order valence-electron chi connectivity index (χ4n) is 2.62. The highest BCUT2D eigenvalue weighted by Crippen LogP contribution is 2.25. The molecule has 0 aliphatic heterocycles. The largest absolute Gasteiger partial charge is 0.378 e. The standard InChI is InChI=1S/C20H25N3O2/c1-14-6-7-17(20(12-14)21-15(2)24)13-23(16(3)25)19-10-8-18(9-11-19)22(4)5/h6-12H,13H2,1-5H3,(H,21,24). The molecule has 1 N–H and O–H groups in total. The second kappa shape index (κ2) is 7.83. The summed E-state index contributed by atoms with van der Waals surface area (Å²) in [5.74, 6) is -0.177. The van der Waals surface area contributed by atoms with Gasteiger partial charge in [0.2, 0.25) is 11.8 Å². The summed E-state index contributed by atoms with van der Waals surface area (Å²) in [6.07, 6.45) is 0. The number of hydrogen-bond acceptors (Lipinski definition) is 3. The van der Waals surface area contributed by atoms with E-state index in [9.17, 15) is 9.59 Å². The molecule has 5 heteroatoms. The number of hydrogen-bond donors (Lipinski definition) is 1. The van der Waals surface area contributed by atoms with Gasteiger partial charge in [0, 0.05) is 45.0 Å². The van der Waals surface area contributed by atoms with Gasteiger partial charge in [0.25, 0.3) is 0 Å². The van der Waals surface area contributed by atoms with Crippen LogP contribution in [-0.2, 0) is 16.1 Å². The van der Waals surface area contributed by atoms with Crippen LogP contribution in [0.4, 0.5) is 17.1 Å². The molecule has 2 rings (SSSR count). The lowest BCUT2D eigenvalue weighted by atomic mass is 10.1. The lowest BCUT2D eigenvalue weighted by Crippen LogP contribution is -2.28. The zero-order valence-corrected chi connectivity index (χ0v) is 15.5. The third kappa shape index (κ3) is 4.83. The lowest BCUT2D eigenvalue weighted by Gasteiger charge is -2.24. The van der Waals surface area contributed by atoms with Crippen LogP contribution in [-0.4, -0.2) is 25.9 Å². The van der Waals surface area contributed by atoms with Crippen molar-refractivity contribution in [1.82, 2.24) is 0 Å². The molecule has 2 amide bonds. The third-order valence-electron chi connectivity index (χ3n) is 3.96. The van der Waals surface area contributed by atoms with Crippen LogP contribution in [0.15, 0.2) is 42.5 Å². The minimum absolute atomic E-state index is 0.0491. The van der Waals surface area contributed by atoms with E-state index < -0.39 is 0 Å². The van der Waals surface area contributed by atoms with Crippen molar-refractivity contribution in [2.45, 2.75) is 27.3 Å². The minimum Gasteiger partial charge on any atom is -0.378 e. The van der Waals surface area contributed by atoms with Crippen LogP contribution >= 0.6 is 0 Å². The van der Waals surface area contributed by atoms with E-state index in [4.69, 9.17) is 0 Å². The molecule has 0 aliphatic rings. The summed E-state index contributed by atoms with van der Waals surface area (Å²) in [4.78, 5) is 27.4. The average Bonchev–Trinajstić information content (AvgIpc) is 2.53. The van der Waals surface area contributed by atoms with Crippen molar-refractivity contribution in [3.8, 4) is 0 Å². The molecule has 2 aromatic rings. The molecule has 0 fully saturated rings. The number of carbonyl (C=O) groups excluding carboxylic acids is 2. The number of aryl methyl sites for hydroxylation is 1. The van der Waals surface area contributed by atoms with Crippen LogP contribution in [0.2, 0.25) is 0 Å². The first-order valence-electron chi connectivity index (χ1n) is 8.20. The molecule has 0 aromatic heterocycles. The Bertz CT molecular complexity index is 767. The van der Waals surface area contributed by atoms with Gasteiger partial charge in [-0.2, -0.15) is 0 Å². The minimum atomic E-state index is -0.128. The van der Waals surface area contributed by atoms with Crippen LogP contribution in [0.1, 0.15) is 25.0 Å². The smallest absolute Gasteiger partial charge is 0.224 e. The number of anilines is 3. The van der Waals surface area contributed by atoms with Gasteiger partial charge in [-0.1, -0.05) is 12.1 Å². The molecule has 0 aliphatic carbocycles. The molecule has 0 bridgehead atoms. The number of nitrogens with one attached hydrogen (secondary N) is 1. The molecule has 0 saturated heterocycles. The summed E-state index contributed by atoms with van der Waals surface area (Å²) in [6, 6.07) is 13.7. The van der Waals surface area contributed by atoms with Crippen molar-refractivity contribution in [3.63, 3.8) is 0 Å². The van der Waals surface area contributed by atoms with Gasteiger partial charge in [0.05, 0.1) is 6.54 Å². The predicted octanol–water partition coefficient (Wildman–Crippen LogP) is 3.57. The fourth-order valence-corrected chi connectivity index (χ4v) is 2.62. The van der Waals surface area contributed by atoms with Crippen LogP contribution in [0.5, 0.6) is 0 Å². The Balaban J connectivity index is 2.33. The van der Waals surface area contributed by atoms with Crippen LogP contribution in [0, 0.1) is 6.92 Å². The Labute approximate surface area is 149 Å². The van der Waals surface area contributed by atoms with Crippen molar-refractivity contribution >= 4 is 28.9 Å². The molecule has 0 unspecified atom stereocenters. The molecule has 0 atom stereocenters. The van der Waals surface area contributed by atoms with E-state index in [0.717, 1.165) is 28.2 Å². The number of rotatable bonds is 5. The summed E-state index contributed by atoms with van der Waals surface area (Å²) in [7, 11) is 3.95. The van der Waals surface area contributed by atoms with Crippen molar-refractivity contribution in [1.29, 1.82) is 0 Å². The van der Waals surface area contributed by atoms with Gasteiger partial charge in [-0.15, -0.1) is 0 Å². The normalized spacial score (nSPS) is 10.3. The van der Waals surface area contributed by atoms with E-state index in [2.05, 4.69) is 5.32 Å². The Morgan fingerprint density at radius 2 is 1.56 bits per heavy atom. The van der Waals surface area contributed by atoms with E-state index in [0.29, 0.717) is 6.54 Å². The summed E-state index contributed by atoms with van der Waals surface area (Å²) < 4.78 is 0. The number of amides is 2. The molecule has 0 saturated carbocycles. The zero-order valence-electron chi connectivity index (χ0n) is 15.5. The van der Waals surface area contributed by atoms with Crippen molar-refractivity contribution in [2.75, 3.05) is 29.2 Å². The summed E-state index contributed by atoms with van der Waals surface area (Å²) >= 11 is 0. The number of carbonyl (C=O) groups is 2. The van der Waals surface area contributed by atoms with Gasteiger partial charge in [-0.3, -0.25) is 9.59 Å². The first-order valence-corrected chi connectivity index (χ1v) is 8.20. The highest BCUT2D eigenvalue weighted by molar-refractivity contribution is 5.93. The predicted molar refractivity (Wildman–Crippen MR) is 103 cm³/mol. The van der Waals surface area contributed by atoms with Gasteiger partial charge in [0.15, 0.2) is 0 Å². The van der Waals surface area contributed by atoms with E-state index in [-0.39, 0.29) is 11.8 Å². The monoisotopic (exact) mass is 339 g/mol. The van der Waals surface area contributed by atoms with E-state index in [1.165, 1.54) is 6.92 Å². The molecule has 132 valence electrons. The molecule has 25 heavy (non-hydrogen) atoms. The fraction of sp³-hybridized carbons (Fsp3) is 0.300. The molecule has 0 heterocycles. The molecule has 0 radical (unpaired) electrons. The van der Waals surface area contributed by atoms with E-state index >= 15 is 0 Å². The third-order valence-corrected chi connectivity index (χ3v) is 3.96. The zero-order chi connectivity index (χ0) is 18.6. The van der Waals surface area contributed by atoms with Gasteiger partial charge in [-0.05, 0) is 48.4 Å². The first kappa shape index (κ1) is 18.5. The van der Waals surface area contributed by atoms with Crippen LogP contribution in [0.3, 0.4) is 0 Å².